The van der Waals surface area contributed by atoms with Crippen LogP contribution in [-0.4, -0.2) is 53.1 Å². The summed E-state index contributed by atoms with van der Waals surface area (Å²) < 4.78 is 0. The van der Waals surface area contributed by atoms with Crippen molar-refractivity contribution in [2.45, 2.75) is 37.5 Å². The lowest BCUT2D eigenvalue weighted by Gasteiger charge is -2.39. The van der Waals surface area contributed by atoms with Crippen molar-refractivity contribution >= 4 is 35.1 Å². The summed E-state index contributed by atoms with van der Waals surface area (Å²) >= 11 is 1.53. The number of carbonyl (C=O) groups is 2. The summed E-state index contributed by atoms with van der Waals surface area (Å²) in [5, 5.41) is -0.452. The van der Waals surface area contributed by atoms with E-state index < -0.39 is 11.2 Å². The van der Waals surface area contributed by atoms with Gasteiger partial charge in [-0.3, -0.25) is 9.59 Å². The lowest BCUT2D eigenvalue weighted by atomic mass is 10.0. The maximum absolute atomic E-state index is 13.9. The number of aromatic nitrogens is 1. The first-order chi connectivity index (χ1) is 17.4. The topological polar surface area (TPSA) is 56.8 Å². The van der Waals surface area contributed by atoms with Crippen LogP contribution >= 0.6 is 11.8 Å². The Morgan fingerprint density at radius 2 is 1.78 bits per heavy atom. The largest absolute Gasteiger partial charge is 0.353 e. The number of anilines is 2. The van der Waals surface area contributed by atoms with E-state index in [9.17, 15) is 9.59 Å². The molecule has 3 aromatic rings. The van der Waals surface area contributed by atoms with Crippen LogP contribution in [0.5, 0.6) is 0 Å². The van der Waals surface area contributed by atoms with Crippen LogP contribution in [0.25, 0.3) is 0 Å². The number of fused-ring (bicyclic) bond motifs is 1. The Bertz CT molecular complexity index is 1260. The van der Waals surface area contributed by atoms with Crippen molar-refractivity contribution in [3.05, 3.63) is 83.6 Å². The number of benzene rings is 2. The average molecular weight is 501 g/mol. The molecule has 1 saturated heterocycles. The molecule has 1 aromatic heterocycles. The molecule has 2 aliphatic rings. The minimum Gasteiger partial charge on any atom is -0.353 e. The second-order valence-corrected chi connectivity index (χ2v) is 10.8. The van der Waals surface area contributed by atoms with E-state index in [2.05, 4.69) is 48.0 Å². The third-order valence-electron chi connectivity index (χ3n) is 7.16. The Hall–Kier alpha value is -3.32. The Morgan fingerprint density at radius 1 is 1.03 bits per heavy atom. The van der Waals surface area contributed by atoms with E-state index in [0.717, 1.165) is 40.6 Å². The molecule has 2 aliphatic heterocycles. The summed E-state index contributed by atoms with van der Waals surface area (Å²) in [6.07, 6.45) is 1.79. The maximum atomic E-state index is 13.9. The van der Waals surface area contributed by atoms with Crippen LogP contribution in [0.3, 0.4) is 0 Å². The van der Waals surface area contributed by atoms with Gasteiger partial charge in [-0.15, -0.1) is 11.8 Å². The molecular formula is C29H32N4O2S. The van der Waals surface area contributed by atoms with E-state index in [1.165, 1.54) is 17.3 Å². The van der Waals surface area contributed by atoms with Crippen molar-refractivity contribution in [1.29, 1.82) is 0 Å². The molecule has 0 N–H and O–H groups in total. The Balaban J connectivity index is 1.33. The molecule has 2 atom stereocenters. The number of hydrogen-bond donors (Lipinski definition) is 0. The van der Waals surface area contributed by atoms with Gasteiger partial charge in [-0.05, 0) is 49.2 Å². The van der Waals surface area contributed by atoms with Gasteiger partial charge in [0, 0.05) is 37.3 Å². The average Bonchev–Trinajstić information content (AvgIpc) is 2.92. The summed E-state index contributed by atoms with van der Waals surface area (Å²) in [5.41, 5.74) is 4.39. The molecular weight excluding hydrogens is 468 g/mol. The number of piperazine rings is 1. The fraction of sp³-hybridized carbons (Fsp3) is 0.345. The van der Waals surface area contributed by atoms with Crippen molar-refractivity contribution in [3.8, 4) is 0 Å². The Labute approximate surface area is 217 Å². The van der Waals surface area contributed by atoms with Gasteiger partial charge in [0.2, 0.25) is 11.8 Å². The van der Waals surface area contributed by atoms with E-state index in [0.29, 0.717) is 19.6 Å². The second-order valence-electron chi connectivity index (χ2n) is 9.65. The van der Waals surface area contributed by atoms with Gasteiger partial charge < -0.3 is 14.7 Å². The van der Waals surface area contributed by atoms with Crippen LogP contribution in [0, 0.1) is 19.8 Å². The van der Waals surface area contributed by atoms with Gasteiger partial charge in [0.1, 0.15) is 11.1 Å². The van der Waals surface area contributed by atoms with Crippen molar-refractivity contribution in [2.75, 3.05) is 36.0 Å². The molecule has 0 aliphatic carbocycles. The summed E-state index contributed by atoms with van der Waals surface area (Å²) in [6, 6.07) is 20.3. The highest BCUT2D eigenvalue weighted by molar-refractivity contribution is 8.01. The minimum atomic E-state index is -0.452. The number of aryl methyl sites for hydroxylation is 2. The van der Waals surface area contributed by atoms with Crippen LogP contribution in [0.15, 0.2) is 71.8 Å². The quantitative estimate of drug-likeness (QED) is 0.509. The smallest absolute Gasteiger partial charge is 0.241 e. The lowest BCUT2D eigenvalue weighted by molar-refractivity contribution is -0.137. The van der Waals surface area contributed by atoms with Crippen molar-refractivity contribution in [1.82, 2.24) is 9.88 Å². The van der Waals surface area contributed by atoms with Gasteiger partial charge in [0.25, 0.3) is 0 Å². The van der Waals surface area contributed by atoms with Gasteiger partial charge in [-0.1, -0.05) is 48.9 Å². The monoisotopic (exact) mass is 500 g/mol. The highest BCUT2D eigenvalue weighted by atomic mass is 32.2. The number of hydrogen-bond acceptors (Lipinski definition) is 5. The van der Waals surface area contributed by atoms with Crippen LogP contribution in [0.1, 0.15) is 23.6 Å². The molecule has 3 heterocycles. The number of para-hydroxylation sites is 1. The van der Waals surface area contributed by atoms with Crippen LogP contribution in [0.4, 0.5) is 11.5 Å². The zero-order valence-corrected chi connectivity index (χ0v) is 21.9. The summed E-state index contributed by atoms with van der Waals surface area (Å²) in [7, 11) is 0. The molecule has 0 radical (unpaired) electrons. The van der Waals surface area contributed by atoms with Gasteiger partial charge in [-0.2, -0.15) is 0 Å². The molecule has 0 saturated carbocycles. The zero-order valence-electron chi connectivity index (χ0n) is 21.1. The van der Waals surface area contributed by atoms with Crippen LogP contribution in [0.2, 0.25) is 0 Å². The molecule has 2 aromatic carbocycles. The first-order valence-electron chi connectivity index (χ1n) is 12.5. The third-order valence-corrected chi connectivity index (χ3v) is 8.62. The summed E-state index contributed by atoms with van der Waals surface area (Å²) in [4.78, 5) is 38.9. The first kappa shape index (κ1) is 24.4. The molecule has 6 nitrogen and oxygen atoms in total. The SMILES string of the molecule is Cc1ccc(C)c(CN2C(=O)[C@H]([C@@H](C)C(=O)N3CCN(c4ccccn4)CC3)Sc3ccccc32)c1. The van der Waals surface area contributed by atoms with Gasteiger partial charge >= 0.3 is 0 Å². The molecule has 186 valence electrons. The predicted molar refractivity (Wildman–Crippen MR) is 145 cm³/mol. The molecule has 7 heteroatoms. The number of amides is 2. The molecule has 0 unspecified atom stereocenters. The fourth-order valence-corrected chi connectivity index (χ4v) is 6.25. The second kappa shape index (κ2) is 10.3. The van der Waals surface area contributed by atoms with E-state index in [1.807, 2.05) is 53.1 Å². The zero-order chi connectivity index (χ0) is 25.2. The Morgan fingerprint density at radius 3 is 2.53 bits per heavy atom. The van der Waals surface area contributed by atoms with Crippen LogP contribution < -0.4 is 9.80 Å². The normalized spacial score (nSPS) is 18.7. The number of rotatable bonds is 5. The van der Waals surface area contributed by atoms with Gasteiger partial charge in [-0.25, -0.2) is 4.98 Å². The number of thioether (sulfide) groups is 1. The number of nitrogens with zero attached hydrogens (tertiary/aromatic N) is 4. The molecule has 0 bridgehead atoms. The van der Waals surface area contributed by atoms with E-state index in [4.69, 9.17) is 0 Å². The number of carbonyl (C=O) groups excluding carboxylic acids is 2. The molecule has 36 heavy (non-hydrogen) atoms. The maximum Gasteiger partial charge on any atom is 0.241 e. The summed E-state index contributed by atoms with van der Waals surface area (Å²) in [5.74, 6) is 0.577. The number of pyridine rings is 1. The standard InChI is InChI=1S/C29H32N4O2S/c1-20-11-12-21(2)23(18-20)19-33-24-8-4-5-9-25(24)36-27(29(33)35)22(3)28(34)32-16-14-31(15-17-32)26-10-6-7-13-30-26/h4-13,18,22,27H,14-17,19H2,1-3H3/t22-,27+/m1/s1. The van der Waals surface area contributed by atoms with E-state index in [-0.39, 0.29) is 11.8 Å². The van der Waals surface area contributed by atoms with E-state index >= 15 is 0 Å². The van der Waals surface area contributed by atoms with Crippen molar-refractivity contribution in [2.24, 2.45) is 5.92 Å². The fourth-order valence-electron chi connectivity index (χ4n) is 4.97. The Kier molecular flexibility index (Phi) is 7.01. The van der Waals surface area contributed by atoms with Crippen LogP contribution in [-0.2, 0) is 16.1 Å². The lowest BCUT2D eigenvalue weighted by Crippen LogP contribution is -2.53. The van der Waals surface area contributed by atoms with Crippen molar-refractivity contribution < 1.29 is 9.59 Å². The van der Waals surface area contributed by atoms with Gasteiger partial charge in [0.05, 0.1) is 18.2 Å². The minimum absolute atomic E-state index is 0.00702. The highest BCUT2D eigenvalue weighted by Gasteiger charge is 2.41. The molecule has 2 amide bonds. The highest BCUT2D eigenvalue weighted by Crippen LogP contribution is 2.42. The molecule has 0 spiro atoms. The van der Waals surface area contributed by atoms with E-state index in [1.54, 1.807) is 6.20 Å². The first-order valence-corrected chi connectivity index (χ1v) is 13.4. The van der Waals surface area contributed by atoms with Crippen molar-refractivity contribution in [3.63, 3.8) is 0 Å². The molecule has 1 fully saturated rings. The van der Waals surface area contributed by atoms with Gasteiger partial charge in [0.15, 0.2) is 0 Å². The molecule has 5 rings (SSSR count). The predicted octanol–water partition coefficient (Wildman–Crippen LogP) is 4.69. The summed E-state index contributed by atoms with van der Waals surface area (Å²) in [6.45, 7) is 9.31. The third kappa shape index (κ3) is 4.85.